The summed E-state index contributed by atoms with van der Waals surface area (Å²) in [6, 6.07) is 8.41. The van der Waals surface area contributed by atoms with E-state index in [1.165, 1.54) is 18.3 Å². The molecule has 17 heteroatoms. The summed E-state index contributed by atoms with van der Waals surface area (Å²) < 4.78 is 37.3. The molecule has 3 aliphatic carbocycles. The van der Waals surface area contributed by atoms with E-state index < -0.39 is 32.7 Å². The molecular weight excluding hydrogens is 668 g/mol. The smallest absolute Gasteiger partial charge is 0.421 e. The van der Waals surface area contributed by atoms with Crippen molar-refractivity contribution in [2.75, 3.05) is 17.0 Å². The van der Waals surface area contributed by atoms with Crippen LogP contribution >= 0.6 is 7.82 Å². The fraction of sp³-hybridized carbons (Fsp3) is 0.424. The Morgan fingerprint density at radius 3 is 2.50 bits per heavy atom. The number of halogens is 1. The summed E-state index contributed by atoms with van der Waals surface area (Å²) >= 11 is 0. The van der Waals surface area contributed by atoms with Gasteiger partial charge < -0.3 is 19.8 Å². The van der Waals surface area contributed by atoms with E-state index in [1.807, 2.05) is 27.7 Å². The minimum Gasteiger partial charge on any atom is -0.421 e. The van der Waals surface area contributed by atoms with E-state index >= 15 is 0 Å². The molecule has 3 aliphatic rings. The highest BCUT2D eigenvalue weighted by Crippen LogP contribution is 2.62. The molecule has 2 atom stereocenters. The number of nitrogens with zero attached hydrogens (tertiary/aromatic N) is 8. The van der Waals surface area contributed by atoms with E-state index in [1.54, 1.807) is 23.9 Å². The van der Waals surface area contributed by atoms with Gasteiger partial charge in [-0.1, -0.05) is 32.1 Å². The second-order valence-corrected chi connectivity index (χ2v) is 15.2. The Balaban J connectivity index is 1.58. The first-order valence-electron chi connectivity index (χ1n) is 15.8. The molecule has 2 bridgehead atoms. The Hall–Kier alpha value is -4.99. The largest absolute Gasteiger partial charge is 0.472 e. The van der Waals surface area contributed by atoms with E-state index in [0.717, 1.165) is 30.2 Å². The Bertz CT molecular complexity index is 2120. The van der Waals surface area contributed by atoms with Gasteiger partial charge in [0.15, 0.2) is 0 Å². The summed E-state index contributed by atoms with van der Waals surface area (Å²) in [4.78, 5) is 42.2. The highest BCUT2D eigenvalue weighted by Gasteiger charge is 2.59. The first kappa shape index (κ1) is 34.9. The third-order valence-corrected chi connectivity index (χ3v) is 10.1. The number of pyridine rings is 2. The molecule has 0 radical (unpaired) electrons. The summed E-state index contributed by atoms with van der Waals surface area (Å²) in [6.07, 6.45) is 4.74. The first-order chi connectivity index (χ1) is 23.5. The van der Waals surface area contributed by atoms with Crippen molar-refractivity contribution in [2.45, 2.75) is 71.5 Å². The first-order valence-corrected chi connectivity index (χ1v) is 17.3. The van der Waals surface area contributed by atoms with Crippen LogP contribution in [0.4, 0.5) is 20.6 Å². The molecule has 3 saturated carbocycles. The Labute approximate surface area is 286 Å². The number of aryl methyl sites for hydroxylation is 1. The van der Waals surface area contributed by atoms with Gasteiger partial charge in [-0.3, -0.25) is 9.88 Å². The van der Waals surface area contributed by atoms with Gasteiger partial charge in [-0.15, -0.1) is 5.10 Å². The van der Waals surface area contributed by atoms with Crippen molar-refractivity contribution in [3.05, 3.63) is 70.7 Å². The van der Waals surface area contributed by atoms with E-state index in [0.29, 0.717) is 22.6 Å². The lowest BCUT2D eigenvalue weighted by Crippen LogP contribution is -2.59. The molecule has 1 aromatic carbocycles. The van der Waals surface area contributed by atoms with Crippen LogP contribution in [-0.2, 0) is 19.4 Å². The Morgan fingerprint density at radius 1 is 1.22 bits per heavy atom. The normalized spacial score (nSPS) is 19.4. The predicted molar refractivity (Wildman–Crippen MR) is 177 cm³/mol. The number of benzene rings is 1. The number of rotatable bonds is 10. The lowest BCUT2D eigenvalue weighted by Gasteiger charge is -2.61. The number of hydrogen-bond donors (Lipinski definition) is 3. The standard InChI is InChI=1S/C33H35FN9O6P/c1-18-24(6-7-27(34)38-18)30(26-16-42(41-40-26)33-10-20(11-33)12-33)43(31(44)48-17-49-50(45,46)47)23-8-21(13-35)28-25(9-23)29(22(14-36)15-37-28)39-19(2)32(3,4)5/h6-9,15-16,19-20,30H,10-12,17H2,1-5H3,(H,37,39)(H2,45,46,47). The molecule has 7 rings (SSSR count). The molecule has 15 nitrogen and oxygen atoms in total. The highest BCUT2D eigenvalue weighted by molar-refractivity contribution is 7.46. The molecule has 3 N–H and O–H groups in total. The zero-order valence-corrected chi connectivity index (χ0v) is 28.8. The van der Waals surface area contributed by atoms with Gasteiger partial charge in [0.25, 0.3) is 0 Å². The van der Waals surface area contributed by atoms with Crippen LogP contribution in [0.5, 0.6) is 0 Å². The van der Waals surface area contributed by atoms with Crippen LogP contribution in [0.25, 0.3) is 10.9 Å². The third-order valence-electron chi connectivity index (χ3n) is 9.66. The van der Waals surface area contributed by atoms with E-state index in [9.17, 15) is 34.1 Å². The summed E-state index contributed by atoms with van der Waals surface area (Å²) in [6.45, 7) is 8.44. The Morgan fingerprint density at radius 2 is 1.92 bits per heavy atom. The van der Waals surface area contributed by atoms with Crippen molar-refractivity contribution < 1.29 is 32.8 Å². The fourth-order valence-electron chi connectivity index (χ4n) is 6.37. The second-order valence-electron chi connectivity index (χ2n) is 13.9. The second kappa shape index (κ2) is 12.7. The summed E-state index contributed by atoms with van der Waals surface area (Å²) in [5.41, 5.74) is 1.27. The number of fused-ring (bicyclic) bond motifs is 1. The van der Waals surface area contributed by atoms with Crippen LogP contribution in [0.2, 0.25) is 0 Å². The molecule has 4 aromatic rings. The molecule has 1 amide bonds. The number of phosphoric acid groups is 1. The number of nitriles is 2. The van der Waals surface area contributed by atoms with Gasteiger partial charge in [0.1, 0.15) is 23.9 Å². The number of carbonyl (C=O) groups excluding carboxylic acids is 1. The topological polar surface area (TPSA) is 212 Å². The summed E-state index contributed by atoms with van der Waals surface area (Å²) in [7, 11) is -5.04. The van der Waals surface area contributed by atoms with Crippen molar-refractivity contribution in [3.63, 3.8) is 0 Å². The fourth-order valence-corrected chi connectivity index (χ4v) is 6.56. The molecule has 3 aromatic heterocycles. The van der Waals surface area contributed by atoms with Crippen molar-refractivity contribution >= 4 is 36.2 Å². The zero-order valence-electron chi connectivity index (χ0n) is 28.0. The van der Waals surface area contributed by atoms with Gasteiger partial charge in [0, 0.05) is 28.9 Å². The number of hydrogen-bond acceptors (Lipinski definition) is 11. The number of nitrogens with one attached hydrogen (secondary N) is 1. The maximum absolute atomic E-state index is 14.4. The van der Waals surface area contributed by atoms with Gasteiger partial charge in [0.2, 0.25) is 12.7 Å². The van der Waals surface area contributed by atoms with E-state index in [-0.39, 0.29) is 50.7 Å². The minimum absolute atomic E-state index is 0.0444. The quantitative estimate of drug-likeness (QED) is 0.105. The minimum atomic E-state index is -5.04. The molecule has 0 aliphatic heterocycles. The average molecular weight is 704 g/mol. The van der Waals surface area contributed by atoms with Crippen LogP contribution < -0.4 is 10.2 Å². The number of anilines is 2. The van der Waals surface area contributed by atoms with Crippen molar-refractivity contribution in [3.8, 4) is 12.1 Å². The van der Waals surface area contributed by atoms with Gasteiger partial charge in [-0.25, -0.2) is 23.5 Å². The lowest BCUT2D eigenvalue weighted by molar-refractivity contribution is -0.0989. The van der Waals surface area contributed by atoms with Gasteiger partial charge in [-0.2, -0.15) is 14.9 Å². The summed E-state index contributed by atoms with van der Waals surface area (Å²) in [5.74, 6) is -0.136. The molecule has 2 unspecified atom stereocenters. The molecule has 260 valence electrons. The monoisotopic (exact) mass is 703 g/mol. The van der Waals surface area contributed by atoms with Gasteiger partial charge in [-0.05, 0) is 62.6 Å². The number of phosphoric ester groups is 1. The summed E-state index contributed by atoms with van der Waals surface area (Å²) in [5, 5.41) is 33.0. The highest BCUT2D eigenvalue weighted by atomic mass is 31.2. The van der Waals surface area contributed by atoms with Crippen LogP contribution in [0, 0.1) is 46.9 Å². The van der Waals surface area contributed by atoms with E-state index in [4.69, 9.17) is 4.74 Å². The predicted octanol–water partition coefficient (Wildman–Crippen LogP) is 5.57. The SMILES string of the molecule is Cc1nc(F)ccc1C(c1cn(C23CC(C2)C3)nn1)N(C(=O)OCOP(=O)(O)O)c1cc(C#N)c2ncc(C#N)c(NC(C)C(C)(C)C)c2c1. The van der Waals surface area contributed by atoms with Crippen LogP contribution in [0.15, 0.2) is 36.7 Å². The molecular formula is C33H35FN9O6P. The lowest BCUT2D eigenvalue weighted by atomic mass is 9.50. The maximum Gasteiger partial charge on any atom is 0.472 e. The molecule has 0 spiro atoms. The van der Waals surface area contributed by atoms with Gasteiger partial charge >= 0.3 is 13.9 Å². The molecule has 3 heterocycles. The molecule has 3 fully saturated rings. The molecule has 50 heavy (non-hydrogen) atoms. The number of carbonyl (C=O) groups is 1. The van der Waals surface area contributed by atoms with Crippen LogP contribution in [0.3, 0.4) is 0 Å². The number of aromatic nitrogens is 5. The van der Waals surface area contributed by atoms with Gasteiger partial charge in [0.05, 0.1) is 39.8 Å². The molecule has 0 saturated heterocycles. The van der Waals surface area contributed by atoms with Crippen molar-refractivity contribution in [2.24, 2.45) is 11.3 Å². The third kappa shape index (κ3) is 6.51. The maximum atomic E-state index is 14.4. The van der Waals surface area contributed by atoms with E-state index in [2.05, 4.69) is 42.3 Å². The number of ether oxygens (including phenoxy) is 1. The van der Waals surface area contributed by atoms with Crippen LogP contribution in [0.1, 0.15) is 81.1 Å². The zero-order chi connectivity index (χ0) is 36.2. The van der Waals surface area contributed by atoms with Crippen LogP contribution in [-0.4, -0.2) is 53.7 Å². The Kier molecular flexibility index (Phi) is 8.87. The average Bonchev–Trinajstić information content (AvgIpc) is 3.46. The number of amides is 1. The van der Waals surface area contributed by atoms with Crippen molar-refractivity contribution in [1.82, 2.24) is 25.0 Å². The van der Waals surface area contributed by atoms with Crippen molar-refractivity contribution in [1.29, 1.82) is 10.5 Å².